The number of aromatic carboxylic acids is 1. The molecule has 0 unspecified atom stereocenters. The molecule has 8 rings (SSSR count). The highest BCUT2D eigenvalue weighted by Crippen LogP contribution is 2.57. The summed E-state index contributed by atoms with van der Waals surface area (Å²) in [5.74, 6) is 3.21. The molecule has 0 radical (unpaired) electrons. The molecule has 0 aliphatic heterocycles. The molecule has 0 saturated heterocycles. The average Bonchev–Trinajstić information content (AvgIpc) is 3.55. The Kier molecular flexibility index (Phi) is 5.96. The summed E-state index contributed by atoms with van der Waals surface area (Å²) in [7, 11) is 0. The van der Waals surface area contributed by atoms with Crippen molar-refractivity contribution in [3.63, 3.8) is 0 Å². The van der Waals surface area contributed by atoms with E-state index in [0.717, 1.165) is 51.2 Å². The van der Waals surface area contributed by atoms with Crippen LogP contribution in [0.15, 0.2) is 29.6 Å². The number of carboxylic acids is 1. The lowest BCUT2D eigenvalue weighted by atomic mass is 9.54. The van der Waals surface area contributed by atoms with Crippen molar-refractivity contribution in [3.8, 4) is 22.0 Å². The van der Waals surface area contributed by atoms with Gasteiger partial charge in [-0.2, -0.15) is 0 Å². The summed E-state index contributed by atoms with van der Waals surface area (Å²) in [6, 6.07) is 7.00. The van der Waals surface area contributed by atoms with Crippen LogP contribution in [-0.2, 0) is 11.3 Å². The van der Waals surface area contributed by atoms with Gasteiger partial charge < -0.3 is 14.8 Å². The van der Waals surface area contributed by atoms with Crippen molar-refractivity contribution in [1.29, 1.82) is 0 Å². The van der Waals surface area contributed by atoms with Gasteiger partial charge in [-0.05, 0) is 81.3 Å². The number of imidazole rings is 1. The van der Waals surface area contributed by atoms with E-state index in [2.05, 4.69) is 4.98 Å². The molecule has 5 aliphatic rings. The largest absolute Gasteiger partial charge is 0.478 e. The second-order valence-electron chi connectivity index (χ2n) is 12.1. The standard InChI is InChI=1S/C30H35N3O3S/c34-29(35)23-8-4-7-22(12-23)25-17-37-28(32-25)26-24(31-27(33-26)21-5-2-1-3-6-21)16-36-30-13-18-9-19(14-30)11-20(10-18)15-30/h4,7-8,12,17-21H,1-3,5-6,9-11,13-16H2,(H,31,33)(H,34,35). The predicted octanol–water partition coefficient (Wildman–Crippen LogP) is 7.43. The minimum absolute atomic E-state index is 0.0490. The molecule has 0 spiro atoms. The fraction of sp³-hybridized carbons (Fsp3) is 0.567. The van der Waals surface area contributed by atoms with E-state index in [9.17, 15) is 9.90 Å². The van der Waals surface area contributed by atoms with Gasteiger partial charge in [0.05, 0.1) is 29.2 Å². The van der Waals surface area contributed by atoms with Crippen LogP contribution < -0.4 is 0 Å². The first-order chi connectivity index (χ1) is 18.0. The molecular formula is C30H35N3O3S. The van der Waals surface area contributed by atoms with Crippen molar-refractivity contribution in [2.75, 3.05) is 0 Å². The zero-order valence-electron chi connectivity index (χ0n) is 21.2. The van der Waals surface area contributed by atoms with E-state index in [1.165, 1.54) is 70.6 Å². The number of benzene rings is 1. The lowest BCUT2D eigenvalue weighted by Gasteiger charge is -2.56. The third-order valence-corrected chi connectivity index (χ3v) is 10.3. The molecule has 0 atom stereocenters. The van der Waals surface area contributed by atoms with Crippen molar-refractivity contribution >= 4 is 17.3 Å². The molecule has 2 aromatic heterocycles. The number of hydrogen-bond acceptors (Lipinski definition) is 5. The zero-order chi connectivity index (χ0) is 25.0. The number of hydrogen-bond donors (Lipinski definition) is 2. The van der Waals surface area contributed by atoms with E-state index in [0.29, 0.717) is 12.5 Å². The van der Waals surface area contributed by atoms with Crippen molar-refractivity contribution in [2.24, 2.45) is 17.8 Å². The molecule has 1 aromatic carbocycles. The number of nitrogens with zero attached hydrogens (tertiary/aromatic N) is 2. The van der Waals surface area contributed by atoms with Gasteiger partial charge in [-0.1, -0.05) is 31.4 Å². The van der Waals surface area contributed by atoms with Gasteiger partial charge >= 0.3 is 5.97 Å². The molecule has 5 fully saturated rings. The number of H-pyrrole nitrogens is 1. The first-order valence-corrected chi connectivity index (χ1v) is 14.9. The Bertz CT molecular complexity index is 1270. The molecule has 2 N–H and O–H groups in total. The quantitative estimate of drug-likeness (QED) is 0.340. The first-order valence-electron chi connectivity index (χ1n) is 14.1. The van der Waals surface area contributed by atoms with Crippen LogP contribution in [0.25, 0.3) is 22.0 Å². The molecule has 37 heavy (non-hydrogen) atoms. The maximum Gasteiger partial charge on any atom is 0.335 e. The van der Waals surface area contributed by atoms with E-state index < -0.39 is 5.97 Å². The van der Waals surface area contributed by atoms with Crippen LogP contribution in [0, 0.1) is 17.8 Å². The molecule has 6 nitrogen and oxygen atoms in total. The monoisotopic (exact) mass is 517 g/mol. The Hall–Kier alpha value is -2.51. The first kappa shape index (κ1) is 23.6. The fourth-order valence-corrected chi connectivity index (χ4v) is 8.88. The second-order valence-corrected chi connectivity index (χ2v) is 13.0. The number of carboxylic acid groups (broad SMARTS) is 1. The predicted molar refractivity (Wildman–Crippen MR) is 144 cm³/mol. The van der Waals surface area contributed by atoms with E-state index in [4.69, 9.17) is 14.7 Å². The summed E-state index contributed by atoms with van der Waals surface area (Å²) < 4.78 is 6.86. The van der Waals surface area contributed by atoms with Crippen LogP contribution in [0.3, 0.4) is 0 Å². The Morgan fingerprint density at radius 3 is 2.49 bits per heavy atom. The van der Waals surface area contributed by atoms with Gasteiger partial charge in [0.25, 0.3) is 0 Å². The van der Waals surface area contributed by atoms with Crippen molar-refractivity contribution in [2.45, 2.75) is 88.8 Å². The van der Waals surface area contributed by atoms with Gasteiger partial charge in [-0.25, -0.2) is 14.8 Å². The maximum absolute atomic E-state index is 11.5. The highest BCUT2D eigenvalue weighted by Gasteiger charge is 2.51. The smallest absolute Gasteiger partial charge is 0.335 e. The topological polar surface area (TPSA) is 88.1 Å². The van der Waals surface area contributed by atoms with E-state index in [-0.39, 0.29) is 11.2 Å². The van der Waals surface area contributed by atoms with Gasteiger partial charge in [0.1, 0.15) is 16.5 Å². The molecule has 4 bridgehead atoms. The van der Waals surface area contributed by atoms with Crippen LogP contribution in [-0.4, -0.2) is 31.6 Å². The lowest BCUT2D eigenvalue weighted by molar-refractivity contribution is -0.169. The fourth-order valence-electron chi connectivity index (χ4n) is 8.04. The SMILES string of the molecule is O=C(O)c1cccc(-c2csc(-c3nc(C4CCCCC4)[nH]c3COC34CC5CC(CC(C5)C3)C4)n2)c1. The molecule has 0 amide bonds. The maximum atomic E-state index is 11.5. The molecule has 2 heterocycles. The number of thiazole rings is 1. The number of aromatic amines is 1. The molecule has 5 saturated carbocycles. The van der Waals surface area contributed by atoms with Gasteiger partial charge in [-0.3, -0.25) is 0 Å². The minimum atomic E-state index is -0.925. The van der Waals surface area contributed by atoms with Crippen molar-refractivity contribution in [3.05, 3.63) is 46.7 Å². The van der Waals surface area contributed by atoms with Crippen LogP contribution >= 0.6 is 11.3 Å². The Morgan fingerprint density at radius 2 is 1.78 bits per heavy atom. The number of carbonyl (C=O) groups is 1. The number of aromatic nitrogens is 3. The van der Waals surface area contributed by atoms with Crippen LogP contribution in [0.2, 0.25) is 0 Å². The summed E-state index contributed by atoms with van der Waals surface area (Å²) in [5, 5.41) is 12.3. The minimum Gasteiger partial charge on any atom is -0.478 e. The molecule has 7 heteroatoms. The highest BCUT2D eigenvalue weighted by atomic mass is 32.1. The van der Waals surface area contributed by atoms with E-state index >= 15 is 0 Å². The average molecular weight is 518 g/mol. The summed E-state index contributed by atoms with van der Waals surface area (Å²) >= 11 is 1.57. The molecular weight excluding hydrogens is 482 g/mol. The molecule has 5 aliphatic carbocycles. The molecule has 3 aromatic rings. The number of nitrogens with one attached hydrogen (secondary N) is 1. The molecule has 194 valence electrons. The highest BCUT2D eigenvalue weighted by molar-refractivity contribution is 7.13. The summed E-state index contributed by atoms with van der Waals surface area (Å²) in [6.45, 7) is 0.560. The number of rotatable bonds is 7. The number of ether oxygens (including phenoxy) is 1. The van der Waals surface area contributed by atoms with Crippen LogP contribution in [0.5, 0.6) is 0 Å². The van der Waals surface area contributed by atoms with Crippen LogP contribution in [0.1, 0.15) is 98.4 Å². The van der Waals surface area contributed by atoms with Gasteiger partial charge in [0.2, 0.25) is 0 Å². The van der Waals surface area contributed by atoms with Crippen molar-refractivity contribution in [1.82, 2.24) is 15.0 Å². The third-order valence-electron chi connectivity index (χ3n) is 9.41. The van der Waals surface area contributed by atoms with Crippen molar-refractivity contribution < 1.29 is 14.6 Å². The Labute approximate surface area is 221 Å². The zero-order valence-corrected chi connectivity index (χ0v) is 22.1. The summed E-state index contributed by atoms with van der Waals surface area (Å²) in [5.41, 5.74) is 3.89. The Balaban J connectivity index is 1.18. The lowest BCUT2D eigenvalue weighted by Crippen LogP contribution is -2.51. The van der Waals surface area contributed by atoms with E-state index in [1.54, 1.807) is 29.5 Å². The van der Waals surface area contributed by atoms with Gasteiger partial charge in [-0.15, -0.1) is 11.3 Å². The van der Waals surface area contributed by atoms with Gasteiger partial charge in [0.15, 0.2) is 0 Å². The Morgan fingerprint density at radius 1 is 1.05 bits per heavy atom. The van der Waals surface area contributed by atoms with Gasteiger partial charge in [0, 0.05) is 16.9 Å². The second kappa shape index (κ2) is 9.35. The summed E-state index contributed by atoms with van der Waals surface area (Å²) in [6.07, 6.45) is 14.1. The van der Waals surface area contributed by atoms with E-state index in [1.807, 2.05) is 11.4 Å². The van der Waals surface area contributed by atoms with Crippen LogP contribution in [0.4, 0.5) is 0 Å². The summed E-state index contributed by atoms with van der Waals surface area (Å²) in [4.78, 5) is 25.2. The normalized spacial score (nSPS) is 29.1. The third kappa shape index (κ3) is 4.54.